The van der Waals surface area contributed by atoms with Gasteiger partial charge < -0.3 is 4.98 Å². The number of hydrogen-bond donors (Lipinski definition) is 1. The number of halogens is 7. The van der Waals surface area contributed by atoms with Gasteiger partial charge in [0.05, 0.1) is 16.0 Å². The van der Waals surface area contributed by atoms with E-state index in [0.717, 1.165) is 0 Å². The molecule has 13 heteroatoms. The van der Waals surface area contributed by atoms with Gasteiger partial charge in [-0.05, 0) is 6.07 Å². The van der Waals surface area contributed by atoms with Crippen LogP contribution in [0.3, 0.4) is 0 Å². The first kappa shape index (κ1) is 19.6. The summed E-state index contributed by atoms with van der Waals surface area (Å²) in [5.41, 5.74) is -4.38. The molecule has 5 nitrogen and oxygen atoms in total. The van der Waals surface area contributed by atoms with Gasteiger partial charge in [0, 0.05) is 35.6 Å². The Hall–Kier alpha value is -1.40. The van der Waals surface area contributed by atoms with Crippen LogP contribution in [-0.4, -0.2) is 50.9 Å². The summed E-state index contributed by atoms with van der Waals surface area (Å²) in [4.78, 5) is 14.0. The molecule has 0 spiro atoms. The first-order valence-electron chi connectivity index (χ1n) is 5.36. The van der Waals surface area contributed by atoms with Crippen LogP contribution in [0.5, 0.6) is 0 Å². The van der Waals surface area contributed by atoms with Crippen molar-refractivity contribution in [1.29, 1.82) is 0 Å². The van der Waals surface area contributed by atoms with Gasteiger partial charge in [-0.3, -0.25) is 10.1 Å². The zero-order chi connectivity index (χ0) is 16.9. The number of aromatic nitrogens is 2. The molecule has 0 atom stereocenters. The van der Waals surface area contributed by atoms with Crippen molar-refractivity contribution in [2.75, 3.05) is 0 Å². The zero-order valence-electron chi connectivity index (χ0n) is 11.1. The van der Waals surface area contributed by atoms with Crippen LogP contribution in [0, 0.1) is 10.1 Å². The van der Waals surface area contributed by atoms with Gasteiger partial charge in [-0.25, -0.2) is 13.8 Å². The van der Waals surface area contributed by atoms with E-state index in [9.17, 15) is 40.8 Å². The third-order valence-corrected chi connectivity index (χ3v) is 2.68. The van der Waals surface area contributed by atoms with E-state index >= 15 is 0 Å². The maximum atomic E-state index is 13.1. The van der Waals surface area contributed by atoms with E-state index in [1.807, 2.05) is 0 Å². The second kappa shape index (κ2) is 6.24. The molecule has 1 aromatic carbocycles. The van der Waals surface area contributed by atoms with Gasteiger partial charge in [0.1, 0.15) is 0 Å². The van der Waals surface area contributed by atoms with E-state index in [-0.39, 0.29) is 41.7 Å². The molecule has 0 aliphatic rings. The summed E-state index contributed by atoms with van der Waals surface area (Å²) in [5.74, 6) is -6.44. The van der Waals surface area contributed by atoms with Gasteiger partial charge in [0.25, 0.3) is 5.69 Å². The van der Waals surface area contributed by atoms with Crippen LogP contribution in [0.2, 0.25) is 0 Å². The molecule has 0 aliphatic heterocycles. The molecule has 121 valence electrons. The second-order valence-corrected chi connectivity index (χ2v) is 4.16. The average Bonchev–Trinajstić information content (AvgIpc) is 2.80. The number of non-ortho nitro benzene ring substituents is 1. The topological polar surface area (TPSA) is 71.8 Å². The van der Waals surface area contributed by atoms with Gasteiger partial charge in [-0.15, -0.1) is 0 Å². The summed E-state index contributed by atoms with van der Waals surface area (Å²) in [7, 11) is 0. The molecule has 23 heavy (non-hydrogen) atoms. The summed E-state index contributed by atoms with van der Waals surface area (Å²) in [6.45, 7) is 0. The van der Waals surface area contributed by atoms with E-state index < -0.39 is 51.6 Å². The first-order valence-corrected chi connectivity index (χ1v) is 5.36. The van der Waals surface area contributed by atoms with Crippen molar-refractivity contribution in [2.45, 2.75) is 18.5 Å². The molecule has 2 rings (SSSR count). The number of nitro groups is 1. The molecule has 0 bridgehead atoms. The number of fused-ring (bicyclic) bond motifs is 1. The molecule has 0 fully saturated rings. The van der Waals surface area contributed by atoms with Crippen LogP contribution in [0.25, 0.3) is 11.0 Å². The number of H-pyrrole nitrogens is 1. The number of alkyl halides is 7. The normalized spacial score (nSPS) is 12.5. The number of rotatable bonds is 3. The molecule has 0 saturated heterocycles. The first-order chi connectivity index (χ1) is 9.94. The molecule has 1 heterocycles. The van der Waals surface area contributed by atoms with Gasteiger partial charge in [0.2, 0.25) is 0 Å². The Bertz CT molecular complexity index is 744. The maximum absolute atomic E-state index is 13.1. The standard InChI is InChI=1S/C10H4F7N3O2.Na/c11-7(12)9(13,14)8-18-4-1-3(10(15,16)17)2-5(20(21)22)6(4)19-8;/h1-2,7H,(H,18,19);. The van der Waals surface area contributed by atoms with Crippen LogP contribution < -0.4 is 0 Å². The maximum Gasteiger partial charge on any atom is 0.416 e. The number of hydrogen-bond acceptors (Lipinski definition) is 3. The fourth-order valence-electron chi connectivity index (χ4n) is 1.66. The SMILES string of the molecule is O=[N+]([O-])c1cc(C(F)(F)F)cc2[nH]c(C(F)(F)C(F)F)nc12.[Na]. The third-order valence-electron chi connectivity index (χ3n) is 2.68. The fourth-order valence-corrected chi connectivity index (χ4v) is 1.66. The van der Waals surface area contributed by atoms with E-state index in [2.05, 4.69) is 4.98 Å². The zero-order valence-corrected chi connectivity index (χ0v) is 13.1. The molecular weight excluding hydrogens is 350 g/mol. The Balaban J connectivity index is 0.00000264. The Labute approximate surface area is 144 Å². The van der Waals surface area contributed by atoms with Crippen molar-refractivity contribution < 1.29 is 35.7 Å². The van der Waals surface area contributed by atoms with Crippen molar-refractivity contribution in [1.82, 2.24) is 9.97 Å². The van der Waals surface area contributed by atoms with Crippen molar-refractivity contribution in [3.63, 3.8) is 0 Å². The summed E-state index contributed by atoms with van der Waals surface area (Å²) in [6.07, 6.45) is -9.18. The Kier molecular flexibility index (Phi) is 5.33. The summed E-state index contributed by atoms with van der Waals surface area (Å²) >= 11 is 0. The van der Waals surface area contributed by atoms with Crippen molar-refractivity contribution in [3.05, 3.63) is 33.6 Å². The predicted octanol–water partition coefficient (Wildman–Crippen LogP) is 3.47. The van der Waals surface area contributed by atoms with Crippen molar-refractivity contribution in [2.24, 2.45) is 0 Å². The molecule has 0 saturated carbocycles. The minimum Gasteiger partial charge on any atom is -0.336 e. The number of nitrogens with one attached hydrogen (secondary N) is 1. The van der Waals surface area contributed by atoms with Crippen LogP contribution in [0.4, 0.5) is 36.4 Å². The second-order valence-electron chi connectivity index (χ2n) is 4.16. The molecular formula is C10H4F7N3NaO2. The van der Waals surface area contributed by atoms with Crippen LogP contribution in [0.15, 0.2) is 12.1 Å². The summed E-state index contributed by atoms with van der Waals surface area (Å²) < 4.78 is 88.6. The Morgan fingerprint density at radius 3 is 2.17 bits per heavy atom. The quantitative estimate of drug-likeness (QED) is 0.397. The number of imidazole rings is 1. The van der Waals surface area contributed by atoms with E-state index in [4.69, 9.17) is 0 Å². The van der Waals surface area contributed by atoms with E-state index in [1.54, 1.807) is 4.98 Å². The van der Waals surface area contributed by atoms with Gasteiger partial charge in [-0.2, -0.15) is 22.0 Å². The monoisotopic (exact) mass is 354 g/mol. The fraction of sp³-hybridized carbons (Fsp3) is 0.300. The summed E-state index contributed by atoms with van der Waals surface area (Å²) in [6, 6.07) is 0.369. The van der Waals surface area contributed by atoms with Crippen molar-refractivity contribution in [3.8, 4) is 0 Å². The number of benzene rings is 1. The summed E-state index contributed by atoms with van der Waals surface area (Å²) in [5, 5.41) is 10.7. The average molecular weight is 354 g/mol. The van der Waals surface area contributed by atoms with E-state index in [1.165, 1.54) is 0 Å². The molecule has 0 unspecified atom stereocenters. The number of aromatic amines is 1. The third kappa shape index (κ3) is 3.58. The molecule has 2 aromatic rings. The molecule has 0 aliphatic carbocycles. The van der Waals surface area contributed by atoms with E-state index in [0.29, 0.717) is 0 Å². The largest absolute Gasteiger partial charge is 0.416 e. The van der Waals surface area contributed by atoms with Crippen molar-refractivity contribution >= 4 is 46.3 Å². The molecule has 1 aromatic heterocycles. The van der Waals surface area contributed by atoms with Crippen LogP contribution in [-0.2, 0) is 12.1 Å². The molecule has 1 N–H and O–H groups in total. The van der Waals surface area contributed by atoms with Crippen LogP contribution in [0.1, 0.15) is 11.4 Å². The van der Waals surface area contributed by atoms with Crippen LogP contribution >= 0.6 is 0 Å². The minimum absolute atomic E-state index is 0. The predicted molar refractivity (Wildman–Crippen MR) is 63.4 cm³/mol. The van der Waals surface area contributed by atoms with Gasteiger partial charge >= 0.3 is 18.5 Å². The number of nitro benzene ring substituents is 1. The molecule has 1 radical (unpaired) electrons. The number of nitrogens with zero attached hydrogens (tertiary/aromatic N) is 2. The molecule has 0 amide bonds. The Morgan fingerprint density at radius 1 is 1.17 bits per heavy atom. The van der Waals surface area contributed by atoms with Gasteiger partial charge in [-0.1, -0.05) is 0 Å². The minimum atomic E-state index is -4.99. The van der Waals surface area contributed by atoms with Gasteiger partial charge in [0.15, 0.2) is 11.3 Å². The Morgan fingerprint density at radius 2 is 1.74 bits per heavy atom. The smallest absolute Gasteiger partial charge is 0.336 e.